The smallest absolute Gasteiger partial charge is 0.240 e. The van der Waals surface area contributed by atoms with E-state index < -0.39 is 6.04 Å². The number of nitrogens with two attached hydrogens (primary N) is 1. The van der Waals surface area contributed by atoms with Gasteiger partial charge in [-0.2, -0.15) is 0 Å². The Bertz CT molecular complexity index is 217. The molecule has 4 heteroatoms. The van der Waals surface area contributed by atoms with E-state index in [1.807, 2.05) is 13.8 Å². The molecule has 0 aromatic rings. The third-order valence-electron chi connectivity index (χ3n) is 3.55. The Morgan fingerprint density at radius 1 is 1.24 bits per heavy atom. The quantitative estimate of drug-likeness (QED) is 0.677. The summed E-state index contributed by atoms with van der Waals surface area (Å²) in [7, 11) is 0. The highest BCUT2D eigenvalue weighted by atomic mass is 16.3. The van der Waals surface area contributed by atoms with Crippen LogP contribution in [-0.2, 0) is 4.79 Å². The summed E-state index contributed by atoms with van der Waals surface area (Å²) >= 11 is 0. The van der Waals surface area contributed by atoms with Gasteiger partial charge in [0, 0.05) is 12.6 Å². The van der Waals surface area contributed by atoms with Crippen LogP contribution in [0.15, 0.2) is 0 Å². The summed E-state index contributed by atoms with van der Waals surface area (Å²) in [5.74, 6) is 0.153. The average molecular weight is 244 g/mol. The van der Waals surface area contributed by atoms with Gasteiger partial charge in [0.15, 0.2) is 0 Å². The average Bonchev–Trinajstić information content (AvgIpc) is 2.36. The molecule has 17 heavy (non-hydrogen) atoms. The van der Waals surface area contributed by atoms with Crippen molar-refractivity contribution in [2.75, 3.05) is 13.2 Å². The van der Waals surface area contributed by atoms with Crippen molar-refractivity contribution in [2.24, 2.45) is 11.7 Å². The molecule has 0 aliphatic carbocycles. The Balaban J connectivity index is 4.74. The first-order chi connectivity index (χ1) is 8.03. The zero-order valence-corrected chi connectivity index (χ0v) is 11.6. The molecule has 2 atom stereocenters. The third kappa shape index (κ3) is 4.64. The Morgan fingerprint density at radius 3 is 2.12 bits per heavy atom. The molecule has 0 aliphatic heterocycles. The van der Waals surface area contributed by atoms with Crippen LogP contribution >= 0.6 is 0 Å². The van der Waals surface area contributed by atoms with Gasteiger partial charge >= 0.3 is 0 Å². The fourth-order valence-corrected chi connectivity index (χ4v) is 2.00. The molecule has 0 heterocycles. The molecule has 4 nitrogen and oxygen atoms in total. The lowest BCUT2D eigenvalue weighted by molar-refractivity contribution is -0.136. The van der Waals surface area contributed by atoms with Gasteiger partial charge in [-0.1, -0.05) is 34.1 Å². The maximum atomic E-state index is 12.3. The summed E-state index contributed by atoms with van der Waals surface area (Å²) in [5, 5.41) is 9.07. The van der Waals surface area contributed by atoms with Gasteiger partial charge in [0.25, 0.3) is 0 Å². The summed E-state index contributed by atoms with van der Waals surface area (Å²) in [4.78, 5) is 14.0. The van der Waals surface area contributed by atoms with Gasteiger partial charge in [-0.25, -0.2) is 0 Å². The molecule has 0 saturated heterocycles. The lowest BCUT2D eigenvalue weighted by atomic mass is 9.97. The van der Waals surface area contributed by atoms with E-state index in [0.29, 0.717) is 6.54 Å². The number of hydrogen-bond donors (Lipinski definition) is 2. The van der Waals surface area contributed by atoms with Crippen LogP contribution in [0.2, 0.25) is 0 Å². The van der Waals surface area contributed by atoms with Crippen molar-refractivity contribution in [2.45, 2.75) is 59.0 Å². The monoisotopic (exact) mass is 244 g/mol. The van der Waals surface area contributed by atoms with Crippen LogP contribution < -0.4 is 5.73 Å². The molecular formula is C13H28N2O2. The minimum Gasteiger partial charge on any atom is -0.395 e. The maximum absolute atomic E-state index is 12.3. The standard InChI is InChI=1S/C13H28N2O2/c1-5-10(4)12(14)13(17)15(8-9-16)11(6-2)7-3/h10-12,16H,5-9,14H2,1-4H3. The first-order valence-electron chi connectivity index (χ1n) is 6.70. The highest BCUT2D eigenvalue weighted by Crippen LogP contribution is 2.14. The minimum atomic E-state index is -0.452. The Morgan fingerprint density at radius 2 is 1.76 bits per heavy atom. The second kappa shape index (κ2) is 8.48. The summed E-state index contributed by atoms with van der Waals surface area (Å²) in [6.45, 7) is 8.52. The van der Waals surface area contributed by atoms with Crippen molar-refractivity contribution < 1.29 is 9.90 Å². The van der Waals surface area contributed by atoms with Crippen molar-refractivity contribution in [3.63, 3.8) is 0 Å². The van der Waals surface area contributed by atoms with Crippen LogP contribution in [0.4, 0.5) is 0 Å². The van der Waals surface area contributed by atoms with Gasteiger partial charge < -0.3 is 15.7 Å². The number of amides is 1. The van der Waals surface area contributed by atoms with E-state index in [0.717, 1.165) is 19.3 Å². The zero-order chi connectivity index (χ0) is 13.4. The molecule has 3 N–H and O–H groups in total. The molecule has 0 spiro atoms. The van der Waals surface area contributed by atoms with Crippen LogP contribution in [0.25, 0.3) is 0 Å². The third-order valence-corrected chi connectivity index (χ3v) is 3.55. The minimum absolute atomic E-state index is 0.00450. The van der Waals surface area contributed by atoms with Crippen molar-refractivity contribution >= 4 is 5.91 Å². The van der Waals surface area contributed by atoms with E-state index in [1.54, 1.807) is 4.90 Å². The molecule has 0 rings (SSSR count). The SMILES string of the molecule is CCC(C)C(N)C(=O)N(CCO)C(CC)CC. The predicted octanol–water partition coefficient (Wildman–Crippen LogP) is 1.37. The van der Waals surface area contributed by atoms with Gasteiger partial charge in [-0.05, 0) is 18.8 Å². The summed E-state index contributed by atoms with van der Waals surface area (Å²) in [6.07, 6.45) is 2.69. The van der Waals surface area contributed by atoms with Crippen molar-refractivity contribution in [1.29, 1.82) is 0 Å². The second-order valence-corrected chi connectivity index (χ2v) is 4.64. The fraction of sp³-hybridized carbons (Fsp3) is 0.923. The van der Waals surface area contributed by atoms with Gasteiger partial charge in [0.05, 0.1) is 12.6 Å². The molecule has 0 aromatic carbocycles. The molecule has 0 aliphatic rings. The molecule has 102 valence electrons. The highest BCUT2D eigenvalue weighted by molar-refractivity contribution is 5.82. The number of carbonyl (C=O) groups is 1. The number of carbonyl (C=O) groups excluding carboxylic acids is 1. The maximum Gasteiger partial charge on any atom is 0.240 e. The topological polar surface area (TPSA) is 66.6 Å². The van der Waals surface area contributed by atoms with E-state index >= 15 is 0 Å². The predicted molar refractivity (Wildman–Crippen MR) is 70.6 cm³/mol. The van der Waals surface area contributed by atoms with E-state index in [4.69, 9.17) is 10.8 Å². The zero-order valence-electron chi connectivity index (χ0n) is 11.6. The first kappa shape index (κ1) is 16.4. The number of aliphatic hydroxyl groups is 1. The van der Waals surface area contributed by atoms with Crippen LogP contribution in [0.5, 0.6) is 0 Å². The Labute approximate surface area is 105 Å². The Hall–Kier alpha value is -0.610. The van der Waals surface area contributed by atoms with Gasteiger partial charge in [0.1, 0.15) is 0 Å². The van der Waals surface area contributed by atoms with Crippen LogP contribution in [-0.4, -0.2) is 41.1 Å². The lowest BCUT2D eigenvalue weighted by Gasteiger charge is -2.33. The first-order valence-corrected chi connectivity index (χ1v) is 6.70. The van der Waals surface area contributed by atoms with Gasteiger partial charge in [-0.15, -0.1) is 0 Å². The molecule has 0 saturated carbocycles. The van der Waals surface area contributed by atoms with Crippen LogP contribution in [0.1, 0.15) is 47.0 Å². The van der Waals surface area contributed by atoms with E-state index in [9.17, 15) is 4.79 Å². The molecular weight excluding hydrogens is 216 g/mol. The summed E-state index contributed by atoms with van der Waals surface area (Å²) in [6, 6.07) is -0.267. The number of hydrogen-bond acceptors (Lipinski definition) is 3. The fourth-order valence-electron chi connectivity index (χ4n) is 2.00. The molecule has 0 aromatic heterocycles. The van der Waals surface area contributed by atoms with E-state index in [2.05, 4.69) is 13.8 Å². The summed E-state index contributed by atoms with van der Waals surface area (Å²) in [5.41, 5.74) is 5.98. The highest BCUT2D eigenvalue weighted by Gasteiger charge is 2.28. The normalized spacial score (nSPS) is 14.8. The lowest BCUT2D eigenvalue weighted by Crippen LogP contribution is -2.51. The van der Waals surface area contributed by atoms with E-state index in [1.165, 1.54) is 0 Å². The van der Waals surface area contributed by atoms with Crippen LogP contribution in [0, 0.1) is 5.92 Å². The molecule has 0 radical (unpaired) electrons. The van der Waals surface area contributed by atoms with Crippen molar-refractivity contribution in [1.82, 2.24) is 4.90 Å². The van der Waals surface area contributed by atoms with Gasteiger partial charge in [0.2, 0.25) is 5.91 Å². The van der Waals surface area contributed by atoms with Crippen molar-refractivity contribution in [3.8, 4) is 0 Å². The molecule has 0 fully saturated rings. The number of aliphatic hydroxyl groups excluding tert-OH is 1. The molecule has 0 bridgehead atoms. The largest absolute Gasteiger partial charge is 0.395 e. The molecule has 2 unspecified atom stereocenters. The Kier molecular flexibility index (Phi) is 8.17. The van der Waals surface area contributed by atoms with Crippen molar-refractivity contribution in [3.05, 3.63) is 0 Å². The molecule has 1 amide bonds. The van der Waals surface area contributed by atoms with Crippen LogP contribution in [0.3, 0.4) is 0 Å². The number of nitrogens with zero attached hydrogens (tertiary/aromatic N) is 1. The number of rotatable bonds is 8. The second-order valence-electron chi connectivity index (χ2n) is 4.64. The van der Waals surface area contributed by atoms with E-state index in [-0.39, 0.29) is 24.5 Å². The summed E-state index contributed by atoms with van der Waals surface area (Å²) < 4.78 is 0. The van der Waals surface area contributed by atoms with Gasteiger partial charge in [-0.3, -0.25) is 4.79 Å².